The highest BCUT2D eigenvalue weighted by molar-refractivity contribution is 7.21. The Balaban J connectivity index is 1.95. The van der Waals surface area contributed by atoms with E-state index in [9.17, 15) is 4.39 Å². The van der Waals surface area contributed by atoms with Crippen molar-refractivity contribution in [3.8, 4) is 21.8 Å². The number of rotatable bonds is 2. The molecule has 0 spiro atoms. The van der Waals surface area contributed by atoms with Crippen LogP contribution >= 0.6 is 11.3 Å². The molecule has 0 amide bonds. The number of aromatic nitrogens is 4. The van der Waals surface area contributed by atoms with Gasteiger partial charge in [0.15, 0.2) is 0 Å². The predicted molar refractivity (Wildman–Crippen MR) is 89.4 cm³/mol. The minimum atomic E-state index is -0.287. The maximum absolute atomic E-state index is 13.5. The van der Waals surface area contributed by atoms with E-state index in [-0.39, 0.29) is 5.82 Å². The number of hydrogen-bond donors (Lipinski definition) is 1. The Morgan fingerprint density at radius 1 is 1.17 bits per heavy atom. The van der Waals surface area contributed by atoms with Gasteiger partial charge in [0.05, 0.1) is 28.0 Å². The molecule has 0 aliphatic heterocycles. The summed E-state index contributed by atoms with van der Waals surface area (Å²) in [4.78, 5) is 14.5. The first-order valence-corrected chi connectivity index (χ1v) is 7.73. The molecule has 7 heteroatoms. The number of nitrogens with two attached hydrogens (primary N) is 1. The Kier molecular flexibility index (Phi) is 3.09. The largest absolute Gasteiger partial charge is 0.383 e. The fourth-order valence-corrected chi connectivity index (χ4v) is 3.65. The molecule has 3 heterocycles. The van der Waals surface area contributed by atoms with E-state index < -0.39 is 0 Å². The van der Waals surface area contributed by atoms with E-state index in [0.717, 1.165) is 32.0 Å². The van der Waals surface area contributed by atoms with Gasteiger partial charge in [0.25, 0.3) is 0 Å². The van der Waals surface area contributed by atoms with Crippen LogP contribution in [0.25, 0.3) is 32.0 Å². The molecular formula is C16H12FN5S. The van der Waals surface area contributed by atoms with Crippen LogP contribution in [0.1, 0.15) is 0 Å². The first-order valence-electron chi connectivity index (χ1n) is 6.91. The smallest absolute Gasteiger partial charge is 0.135 e. The average Bonchev–Trinajstić information content (AvgIpc) is 3.11. The summed E-state index contributed by atoms with van der Waals surface area (Å²) in [7, 11) is 1.91. The van der Waals surface area contributed by atoms with Gasteiger partial charge in [-0.2, -0.15) is 0 Å². The Hall–Kier alpha value is -2.80. The SMILES string of the molecule is Cn1cnc(-c2cccc(F)c2)c1-c1cc2c(N)ncnc2s1. The van der Waals surface area contributed by atoms with Crippen molar-refractivity contribution in [2.45, 2.75) is 0 Å². The van der Waals surface area contributed by atoms with Crippen molar-refractivity contribution in [3.05, 3.63) is 48.8 Å². The standard InChI is InChI=1S/C16H12FN5S/c1-22-8-21-13(9-3-2-4-10(17)5-9)14(22)12-6-11-15(18)19-7-20-16(11)23-12/h2-8H,1H3,(H2,18,19,20). The van der Waals surface area contributed by atoms with E-state index in [1.54, 1.807) is 12.4 Å². The van der Waals surface area contributed by atoms with Crippen molar-refractivity contribution in [2.75, 3.05) is 5.73 Å². The number of imidazole rings is 1. The minimum absolute atomic E-state index is 0.287. The van der Waals surface area contributed by atoms with Gasteiger partial charge in [-0.15, -0.1) is 11.3 Å². The quantitative estimate of drug-likeness (QED) is 0.612. The van der Waals surface area contributed by atoms with Crippen molar-refractivity contribution in [1.82, 2.24) is 19.5 Å². The molecule has 1 aromatic carbocycles. The van der Waals surface area contributed by atoms with Crippen LogP contribution in [0.15, 0.2) is 43.0 Å². The average molecular weight is 325 g/mol. The molecule has 5 nitrogen and oxygen atoms in total. The van der Waals surface area contributed by atoms with Gasteiger partial charge in [0.1, 0.15) is 22.8 Å². The van der Waals surface area contributed by atoms with Crippen molar-refractivity contribution in [3.63, 3.8) is 0 Å². The molecule has 23 heavy (non-hydrogen) atoms. The summed E-state index contributed by atoms with van der Waals surface area (Å²) in [6.07, 6.45) is 3.17. The number of halogens is 1. The van der Waals surface area contributed by atoms with Crippen molar-refractivity contribution >= 4 is 27.4 Å². The summed E-state index contributed by atoms with van der Waals surface area (Å²) in [5.41, 5.74) is 8.27. The molecule has 0 atom stereocenters. The fraction of sp³-hybridized carbons (Fsp3) is 0.0625. The summed E-state index contributed by atoms with van der Waals surface area (Å²) in [6.45, 7) is 0. The Labute approximate surface area is 135 Å². The monoisotopic (exact) mass is 325 g/mol. The molecule has 4 aromatic rings. The van der Waals surface area contributed by atoms with Crippen LogP contribution in [-0.2, 0) is 7.05 Å². The van der Waals surface area contributed by atoms with Crippen LogP contribution in [0.3, 0.4) is 0 Å². The molecule has 0 aliphatic carbocycles. The first kappa shape index (κ1) is 13.8. The molecule has 0 bridgehead atoms. The molecule has 3 aromatic heterocycles. The molecule has 0 saturated heterocycles. The summed E-state index contributed by atoms with van der Waals surface area (Å²) < 4.78 is 15.5. The third kappa shape index (κ3) is 2.25. The van der Waals surface area contributed by atoms with Crippen molar-refractivity contribution in [2.24, 2.45) is 7.05 Å². The number of hydrogen-bond acceptors (Lipinski definition) is 5. The molecule has 4 rings (SSSR count). The van der Waals surface area contributed by atoms with E-state index in [1.165, 1.54) is 29.8 Å². The Bertz CT molecular complexity index is 1020. The number of thiophene rings is 1. The lowest BCUT2D eigenvalue weighted by Crippen LogP contribution is -1.90. The molecule has 0 radical (unpaired) electrons. The van der Waals surface area contributed by atoms with Gasteiger partial charge >= 0.3 is 0 Å². The van der Waals surface area contributed by atoms with E-state index in [0.29, 0.717) is 5.82 Å². The maximum atomic E-state index is 13.5. The second kappa shape index (κ2) is 5.13. The highest BCUT2D eigenvalue weighted by Gasteiger charge is 2.17. The third-order valence-electron chi connectivity index (χ3n) is 3.63. The van der Waals surface area contributed by atoms with Crippen LogP contribution in [0.5, 0.6) is 0 Å². The number of fused-ring (bicyclic) bond motifs is 1. The van der Waals surface area contributed by atoms with Crippen molar-refractivity contribution < 1.29 is 4.39 Å². The Morgan fingerprint density at radius 2 is 2.04 bits per heavy atom. The van der Waals surface area contributed by atoms with Crippen LogP contribution in [0.4, 0.5) is 10.2 Å². The maximum Gasteiger partial charge on any atom is 0.135 e. The van der Waals surface area contributed by atoms with Gasteiger partial charge in [0, 0.05) is 12.6 Å². The molecule has 0 fully saturated rings. The molecule has 2 N–H and O–H groups in total. The normalized spacial score (nSPS) is 11.2. The number of nitrogen functional groups attached to an aromatic ring is 1. The molecule has 0 aliphatic rings. The third-order valence-corrected chi connectivity index (χ3v) is 4.68. The van der Waals surface area contributed by atoms with Gasteiger partial charge in [-0.3, -0.25) is 0 Å². The zero-order valence-electron chi connectivity index (χ0n) is 12.2. The second-order valence-electron chi connectivity index (χ2n) is 5.15. The number of nitrogens with zero attached hydrogens (tertiary/aromatic N) is 4. The molecular weight excluding hydrogens is 313 g/mol. The number of aryl methyl sites for hydroxylation is 1. The fourth-order valence-electron chi connectivity index (χ4n) is 2.56. The van der Waals surface area contributed by atoms with E-state index >= 15 is 0 Å². The van der Waals surface area contributed by atoms with E-state index in [4.69, 9.17) is 5.73 Å². The molecule has 0 saturated carbocycles. The lowest BCUT2D eigenvalue weighted by molar-refractivity contribution is 0.628. The van der Waals surface area contributed by atoms with Gasteiger partial charge in [-0.25, -0.2) is 19.3 Å². The second-order valence-corrected chi connectivity index (χ2v) is 6.18. The van der Waals surface area contributed by atoms with Gasteiger partial charge in [-0.05, 0) is 18.2 Å². The minimum Gasteiger partial charge on any atom is -0.383 e. The van der Waals surface area contributed by atoms with Crippen molar-refractivity contribution in [1.29, 1.82) is 0 Å². The Morgan fingerprint density at radius 3 is 2.83 bits per heavy atom. The van der Waals surface area contributed by atoms with Crippen LogP contribution < -0.4 is 5.73 Å². The summed E-state index contributed by atoms with van der Waals surface area (Å²) in [6, 6.07) is 8.37. The highest BCUT2D eigenvalue weighted by atomic mass is 32.1. The van der Waals surface area contributed by atoms with E-state index in [1.807, 2.05) is 23.7 Å². The van der Waals surface area contributed by atoms with Crippen LogP contribution in [0.2, 0.25) is 0 Å². The van der Waals surface area contributed by atoms with Crippen LogP contribution in [0, 0.1) is 5.82 Å². The van der Waals surface area contributed by atoms with Gasteiger partial charge in [0.2, 0.25) is 0 Å². The molecule has 114 valence electrons. The molecule has 0 unspecified atom stereocenters. The van der Waals surface area contributed by atoms with Gasteiger partial charge in [-0.1, -0.05) is 12.1 Å². The van der Waals surface area contributed by atoms with Gasteiger partial charge < -0.3 is 10.3 Å². The number of benzene rings is 1. The number of anilines is 1. The summed E-state index contributed by atoms with van der Waals surface area (Å²) >= 11 is 1.51. The summed E-state index contributed by atoms with van der Waals surface area (Å²) in [5.74, 6) is 0.164. The lowest BCUT2D eigenvalue weighted by atomic mass is 10.1. The first-order chi connectivity index (χ1) is 11.1. The van der Waals surface area contributed by atoms with Crippen LogP contribution in [-0.4, -0.2) is 19.5 Å². The highest BCUT2D eigenvalue weighted by Crippen LogP contribution is 2.38. The summed E-state index contributed by atoms with van der Waals surface area (Å²) in [5, 5.41) is 0.818. The van der Waals surface area contributed by atoms with E-state index in [2.05, 4.69) is 15.0 Å². The predicted octanol–water partition coefficient (Wildman–Crippen LogP) is 3.48. The lowest BCUT2D eigenvalue weighted by Gasteiger charge is -2.04. The zero-order valence-corrected chi connectivity index (χ0v) is 13.0. The topological polar surface area (TPSA) is 69.6 Å². The zero-order chi connectivity index (χ0) is 16.0.